The van der Waals surface area contributed by atoms with Crippen molar-refractivity contribution in [3.8, 4) is 0 Å². The predicted molar refractivity (Wildman–Crippen MR) is 65.7 cm³/mol. The van der Waals surface area contributed by atoms with Gasteiger partial charge in [0.15, 0.2) is 5.82 Å². The fourth-order valence-electron chi connectivity index (χ4n) is 1.55. The van der Waals surface area contributed by atoms with Crippen molar-refractivity contribution in [3.05, 3.63) is 47.1 Å². The SMILES string of the molecule is CCNCc1nc(Cc2ccc(C)cc2)no1. The number of benzene rings is 1. The molecular weight excluding hydrogens is 214 g/mol. The van der Waals surface area contributed by atoms with Crippen LogP contribution in [0, 0.1) is 6.92 Å². The van der Waals surface area contributed by atoms with Crippen molar-refractivity contribution in [2.75, 3.05) is 6.54 Å². The number of nitrogens with zero attached hydrogens (tertiary/aromatic N) is 2. The molecule has 1 heterocycles. The number of aryl methyl sites for hydroxylation is 1. The van der Waals surface area contributed by atoms with Gasteiger partial charge < -0.3 is 9.84 Å². The molecule has 1 aromatic carbocycles. The van der Waals surface area contributed by atoms with Gasteiger partial charge in [0.2, 0.25) is 5.89 Å². The fourth-order valence-corrected chi connectivity index (χ4v) is 1.55. The molecule has 2 aromatic rings. The van der Waals surface area contributed by atoms with Crippen molar-refractivity contribution in [3.63, 3.8) is 0 Å². The van der Waals surface area contributed by atoms with E-state index in [0.717, 1.165) is 18.8 Å². The van der Waals surface area contributed by atoms with Gasteiger partial charge >= 0.3 is 0 Å². The van der Waals surface area contributed by atoms with Crippen molar-refractivity contribution in [1.29, 1.82) is 0 Å². The summed E-state index contributed by atoms with van der Waals surface area (Å²) in [6.07, 6.45) is 0.718. The van der Waals surface area contributed by atoms with Gasteiger partial charge in [-0.1, -0.05) is 41.9 Å². The minimum atomic E-state index is 0.636. The van der Waals surface area contributed by atoms with Crippen LogP contribution >= 0.6 is 0 Å². The highest BCUT2D eigenvalue weighted by molar-refractivity contribution is 5.23. The smallest absolute Gasteiger partial charge is 0.240 e. The average Bonchev–Trinajstić information content (AvgIpc) is 2.77. The summed E-state index contributed by atoms with van der Waals surface area (Å²) in [6.45, 7) is 5.66. The Morgan fingerprint density at radius 2 is 2.00 bits per heavy atom. The van der Waals surface area contributed by atoms with E-state index in [1.165, 1.54) is 11.1 Å². The average molecular weight is 231 g/mol. The molecule has 0 amide bonds. The van der Waals surface area contributed by atoms with Crippen molar-refractivity contribution >= 4 is 0 Å². The van der Waals surface area contributed by atoms with Gasteiger partial charge in [0.1, 0.15) is 0 Å². The topological polar surface area (TPSA) is 51.0 Å². The van der Waals surface area contributed by atoms with Gasteiger partial charge in [0.25, 0.3) is 0 Å². The second-order valence-electron chi connectivity index (χ2n) is 4.05. The zero-order valence-corrected chi connectivity index (χ0v) is 10.2. The van der Waals surface area contributed by atoms with E-state index in [2.05, 4.69) is 46.6 Å². The van der Waals surface area contributed by atoms with E-state index in [-0.39, 0.29) is 0 Å². The molecule has 0 aliphatic carbocycles. The Morgan fingerprint density at radius 1 is 1.24 bits per heavy atom. The predicted octanol–water partition coefficient (Wildman–Crippen LogP) is 2.08. The second-order valence-corrected chi connectivity index (χ2v) is 4.05. The Labute approximate surface area is 101 Å². The number of aromatic nitrogens is 2. The van der Waals surface area contributed by atoms with E-state index in [0.29, 0.717) is 12.4 Å². The van der Waals surface area contributed by atoms with Crippen LogP contribution in [-0.4, -0.2) is 16.7 Å². The Morgan fingerprint density at radius 3 is 2.71 bits per heavy atom. The largest absolute Gasteiger partial charge is 0.338 e. The van der Waals surface area contributed by atoms with Gasteiger partial charge in [-0.2, -0.15) is 4.98 Å². The normalized spacial score (nSPS) is 10.7. The van der Waals surface area contributed by atoms with Crippen molar-refractivity contribution in [2.45, 2.75) is 26.8 Å². The van der Waals surface area contributed by atoms with E-state index in [1.807, 2.05) is 6.92 Å². The summed E-state index contributed by atoms with van der Waals surface area (Å²) in [7, 11) is 0. The molecule has 0 bridgehead atoms. The first-order chi connectivity index (χ1) is 8.28. The Kier molecular flexibility index (Phi) is 3.88. The van der Waals surface area contributed by atoms with Crippen LogP contribution in [0.4, 0.5) is 0 Å². The standard InChI is InChI=1S/C13H17N3O/c1-3-14-9-13-15-12(16-17-13)8-11-6-4-10(2)5-7-11/h4-7,14H,3,8-9H2,1-2H3. The van der Waals surface area contributed by atoms with Crippen molar-refractivity contribution in [1.82, 2.24) is 15.5 Å². The molecule has 0 radical (unpaired) electrons. The van der Waals surface area contributed by atoms with Crippen LogP contribution in [0.5, 0.6) is 0 Å². The van der Waals surface area contributed by atoms with E-state index in [1.54, 1.807) is 0 Å². The third kappa shape index (κ3) is 3.39. The summed E-state index contributed by atoms with van der Waals surface area (Å²) in [5, 5.41) is 7.11. The first kappa shape index (κ1) is 11.8. The summed E-state index contributed by atoms with van der Waals surface area (Å²) in [5.74, 6) is 1.38. The summed E-state index contributed by atoms with van der Waals surface area (Å²) < 4.78 is 5.14. The molecule has 1 aromatic heterocycles. The van der Waals surface area contributed by atoms with Crippen LogP contribution in [0.1, 0.15) is 29.8 Å². The summed E-state index contributed by atoms with van der Waals surface area (Å²) in [4.78, 5) is 4.33. The molecule has 17 heavy (non-hydrogen) atoms. The Balaban J connectivity index is 1.98. The van der Waals surface area contributed by atoms with Gasteiger partial charge in [-0.25, -0.2) is 0 Å². The highest BCUT2D eigenvalue weighted by atomic mass is 16.5. The second kappa shape index (κ2) is 5.59. The molecule has 0 saturated carbocycles. The lowest BCUT2D eigenvalue weighted by molar-refractivity contribution is 0.365. The molecule has 0 saturated heterocycles. The summed E-state index contributed by atoms with van der Waals surface area (Å²) in [6, 6.07) is 8.37. The van der Waals surface area contributed by atoms with Crippen LogP contribution in [0.2, 0.25) is 0 Å². The third-order valence-corrected chi connectivity index (χ3v) is 2.52. The van der Waals surface area contributed by atoms with Gasteiger partial charge in [0.05, 0.1) is 6.54 Å². The Bertz CT molecular complexity index is 462. The fraction of sp³-hybridized carbons (Fsp3) is 0.385. The summed E-state index contributed by atoms with van der Waals surface area (Å²) in [5.41, 5.74) is 2.46. The van der Waals surface area contributed by atoms with Gasteiger partial charge in [-0.3, -0.25) is 0 Å². The molecule has 1 N–H and O–H groups in total. The first-order valence-electron chi connectivity index (χ1n) is 5.85. The van der Waals surface area contributed by atoms with Crippen LogP contribution < -0.4 is 5.32 Å². The maximum atomic E-state index is 5.14. The zero-order valence-electron chi connectivity index (χ0n) is 10.2. The quantitative estimate of drug-likeness (QED) is 0.856. The van der Waals surface area contributed by atoms with Crippen LogP contribution in [-0.2, 0) is 13.0 Å². The van der Waals surface area contributed by atoms with Gasteiger partial charge in [-0.15, -0.1) is 0 Å². The molecule has 2 rings (SSSR count). The number of hydrogen-bond donors (Lipinski definition) is 1. The summed E-state index contributed by atoms with van der Waals surface area (Å²) >= 11 is 0. The van der Waals surface area contributed by atoms with Crippen LogP contribution in [0.15, 0.2) is 28.8 Å². The molecule has 0 unspecified atom stereocenters. The lowest BCUT2D eigenvalue weighted by atomic mass is 10.1. The molecule has 90 valence electrons. The molecule has 0 spiro atoms. The highest BCUT2D eigenvalue weighted by Crippen LogP contribution is 2.08. The Hall–Kier alpha value is -1.68. The van der Waals surface area contributed by atoms with Crippen LogP contribution in [0.3, 0.4) is 0 Å². The molecule has 0 atom stereocenters. The molecule has 4 heteroatoms. The van der Waals surface area contributed by atoms with E-state index < -0.39 is 0 Å². The van der Waals surface area contributed by atoms with E-state index >= 15 is 0 Å². The van der Waals surface area contributed by atoms with Crippen molar-refractivity contribution < 1.29 is 4.52 Å². The maximum absolute atomic E-state index is 5.14. The van der Waals surface area contributed by atoms with Gasteiger partial charge in [0, 0.05) is 6.42 Å². The number of rotatable bonds is 5. The minimum Gasteiger partial charge on any atom is -0.338 e. The highest BCUT2D eigenvalue weighted by Gasteiger charge is 2.06. The zero-order chi connectivity index (χ0) is 12.1. The van der Waals surface area contributed by atoms with Crippen molar-refractivity contribution in [2.24, 2.45) is 0 Å². The lowest BCUT2D eigenvalue weighted by Crippen LogP contribution is -2.11. The van der Waals surface area contributed by atoms with E-state index in [9.17, 15) is 0 Å². The van der Waals surface area contributed by atoms with Gasteiger partial charge in [-0.05, 0) is 19.0 Å². The van der Waals surface area contributed by atoms with Crippen LogP contribution in [0.25, 0.3) is 0 Å². The molecular formula is C13H17N3O. The molecule has 0 aliphatic rings. The third-order valence-electron chi connectivity index (χ3n) is 2.52. The molecule has 4 nitrogen and oxygen atoms in total. The number of nitrogens with one attached hydrogen (secondary N) is 1. The molecule has 0 fully saturated rings. The lowest BCUT2D eigenvalue weighted by Gasteiger charge is -1.97. The monoisotopic (exact) mass is 231 g/mol. The molecule has 0 aliphatic heterocycles. The minimum absolute atomic E-state index is 0.636. The first-order valence-corrected chi connectivity index (χ1v) is 5.85. The maximum Gasteiger partial charge on any atom is 0.240 e. The number of hydrogen-bond acceptors (Lipinski definition) is 4. The van der Waals surface area contributed by atoms with E-state index in [4.69, 9.17) is 4.52 Å².